The van der Waals surface area contributed by atoms with Crippen LogP contribution in [0.2, 0.25) is 0 Å². The zero-order valence-electron chi connectivity index (χ0n) is 11.0. The van der Waals surface area contributed by atoms with E-state index in [-0.39, 0.29) is 5.91 Å². The second kappa shape index (κ2) is 4.08. The van der Waals surface area contributed by atoms with Crippen molar-refractivity contribution in [3.63, 3.8) is 0 Å². The molecule has 3 fully saturated rings. The molecule has 0 aliphatic heterocycles. The van der Waals surface area contributed by atoms with Crippen molar-refractivity contribution in [3.8, 4) is 0 Å². The number of fused-ring (bicyclic) bond motifs is 5. The minimum atomic E-state index is 0.252. The zero-order chi connectivity index (χ0) is 13.1. The molecule has 0 heterocycles. The lowest BCUT2D eigenvalue weighted by Gasteiger charge is -2.10. The first-order valence-corrected chi connectivity index (χ1v) is 8.01. The highest BCUT2D eigenvalue weighted by Gasteiger charge is 2.67. The third-order valence-corrected chi connectivity index (χ3v) is 6.33. The van der Waals surface area contributed by atoms with E-state index in [9.17, 15) is 4.79 Å². The Morgan fingerprint density at radius 3 is 2.58 bits per heavy atom. The van der Waals surface area contributed by atoms with Crippen molar-refractivity contribution >= 4 is 27.5 Å². The summed E-state index contributed by atoms with van der Waals surface area (Å²) in [6.07, 6.45) is 4.13. The molecule has 0 radical (unpaired) electrons. The monoisotopic (exact) mass is 319 g/mol. The largest absolute Gasteiger partial charge is 0.326 e. The van der Waals surface area contributed by atoms with Crippen LogP contribution in [-0.4, -0.2) is 5.91 Å². The van der Waals surface area contributed by atoms with Gasteiger partial charge in [-0.15, -0.1) is 0 Å². The Bertz CT molecular complexity index is 540. The summed E-state index contributed by atoms with van der Waals surface area (Å²) < 4.78 is 1.06. The van der Waals surface area contributed by atoms with Crippen molar-refractivity contribution in [3.05, 3.63) is 28.2 Å². The van der Waals surface area contributed by atoms with Gasteiger partial charge in [-0.1, -0.05) is 22.0 Å². The van der Waals surface area contributed by atoms with E-state index in [1.807, 2.05) is 18.2 Å². The number of rotatable bonds is 2. The van der Waals surface area contributed by atoms with Gasteiger partial charge in [-0.25, -0.2) is 0 Å². The van der Waals surface area contributed by atoms with Crippen molar-refractivity contribution in [2.45, 2.75) is 26.2 Å². The highest BCUT2D eigenvalue weighted by Crippen LogP contribution is 2.69. The molecule has 100 valence electrons. The topological polar surface area (TPSA) is 29.1 Å². The van der Waals surface area contributed by atoms with Gasteiger partial charge in [-0.05, 0) is 67.6 Å². The van der Waals surface area contributed by atoms with Gasteiger partial charge in [-0.2, -0.15) is 0 Å². The third-order valence-electron chi connectivity index (χ3n) is 5.48. The van der Waals surface area contributed by atoms with Gasteiger partial charge in [0, 0.05) is 16.1 Å². The summed E-state index contributed by atoms with van der Waals surface area (Å²) in [4.78, 5) is 12.4. The first-order valence-electron chi connectivity index (χ1n) is 7.22. The first-order chi connectivity index (χ1) is 9.15. The molecular weight excluding hydrogens is 302 g/mol. The van der Waals surface area contributed by atoms with E-state index in [0.29, 0.717) is 17.8 Å². The minimum Gasteiger partial charge on any atom is -0.326 e. The van der Waals surface area contributed by atoms with Crippen LogP contribution < -0.4 is 5.32 Å². The Hall–Kier alpha value is -0.830. The van der Waals surface area contributed by atoms with E-state index in [4.69, 9.17) is 0 Å². The number of nitrogens with one attached hydrogen (secondary N) is 1. The summed E-state index contributed by atoms with van der Waals surface area (Å²) in [7, 11) is 0. The average Bonchev–Trinajstić information content (AvgIpc) is 2.83. The Labute approximate surface area is 122 Å². The summed E-state index contributed by atoms with van der Waals surface area (Å²) in [6.45, 7) is 2.05. The molecule has 0 spiro atoms. The second-order valence-corrected chi connectivity index (χ2v) is 7.32. The average molecular weight is 320 g/mol. The molecule has 2 bridgehead atoms. The molecule has 0 aromatic heterocycles. The highest BCUT2D eigenvalue weighted by molar-refractivity contribution is 9.10. The second-order valence-electron chi connectivity index (χ2n) is 6.47. The zero-order valence-corrected chi connectivity index (χ0v) is 12.6. The van der Waals surface area contributed by atoms with Crippen LogP contribution in [0.15, 0.2) is 22.7 Å². The minimum absolute atomic E-state index is 0.252. The van der Waals surface area contributed by atoms with Crippen molar-refractivity contribution in [2.75, 3.05) is 5.32 Å². The number of aryl methyl sites for hydroxylation is 1. The molecule has 1 aromatic rings. The molecule has 1 N–H and O–H groups in total. The summed E-state index contributed by atoms with van der Waals surface area (Å²) in [5, 5.41) is 3.10. The van der Waals surface area contributed by atoms with Gasteiger partial charge in [-0.3, -0.25) is 4.79 Å². The molecular formula is C16H18BrNO. The number of carbonyl (C=O) groups is 1. The van der Waals surface area contributed by atoms with Crippen LogP contribution >= 0.6 is 15.9 Å². The molecule has 2 nitrogen and oxygen atoms in total. The van der Waals surface area contributed by atoms with Gasteiger partial charge in [0.25, 0.3) is 0 Å². The number of carbonyl (C=O) groups excluding carboxylic acids is 1. The van der Waals surface area contributed by atoms with Crippen LogP contribution in [0, 0.1) is 36.5 Å². The fourth-order valence-electron chi connectivity index (χ4n) is 4.57. The van der Waals surface area contributed by atoms with Crippen molar-refractivity contribution < 1.29 is 4.79 Å². The first kappa shape index (κ1) is 12.0. The molecule has 3 aliphatic carbocycles. The lowest BCUT2D eigenvalue weighted by atomic mass is 10.0. The Morgan fingerprint density at radius 1 is 1.26 bits per heavy atom. The number of amides is 1. The van der Waals surface area contributed by atoms with Gasteiger partial charge >= 0.3 is 0 Å². The van der Waals surface area contributed by atoms with Crippen LogP contribution in [0.5, 0.6) is 0 Å². The van der Waals surface area contributed by atoms with Crippen LogP contribution in [0.1, 0.15) is 24.8 Å². The van der Waals surface area contributed by atoms with Crippen LogP contribution in [0.3, 0.4) is 0 Å². The SMILES string of the molecule is Cc1ccc(NC(=O)C2C3C4CCC(C4)C23)cc1Br. The maximum atomic E-state index is 12.4. The Kier molecular flexibility index (Phi) is 2.57. The van der Waals surface area contributed by atoms with Crippen molar-refractivity contribution in [1.29, 1.82) is 0 Å². The van der Waals surface area contributed by atoms with E-state index in [1.165, 1.54) is 24.8 Å². The molecule has 4 unspecified atom stereocenters. The summed E-state index contributed by atoms with van der Waals surface area (Å²) in [6, 6.07) is 6.03. The highest BCUT2D eigenvalue weighted by atomic mass is 79.9. The summed E-state index contributed by atoms with van der Waals surface area (Å²) in [5.41, 5.74) is 2.11. The van der Waals surface area contributed by atoms with Gasteiger partial charge in [0.1, 0.15) is 0 Å². The number of hydrogen-bond donors (Lipinski definition) is 1. The van der Waals surface area contributed by atoms with E-state index < -0.39 is 0 Å². The van der Waals surface area contributed by atoms with Crippen LogP contribution in [-0.2, 0) is 4.79 Å². The molecule has 4 atom stereocenters. The molecule has 3 saturated carbocycles. The van der Waals surface area contributed by atoms with Crippen molar-refractivity contribution in [2.24, 2.45) is 29.6 Å². The van der Waals surface area contributed by atoms with E-state index >= 15 is 0 Å². The Balaban J connectivity index is 1.47. The van der Waals surface area contributed by atoms with Gasteiger partial charge in [0.05, 0.1) is 0 Å². The lowest BCUT2D eigenvalue weighted by molar-refractivity contribution is -0.118. The fourth-order valence-corrected chi connectivity index (χ4v) is 4.95. The molecule has 1 amide bonds. The van der Waals surface area contributed by atoms with E-state index in [2.05, 4.69) is 28.2 Å². The van der Waals surface area contributed by atoms with Crippen LogP contribution in [0.4, 0.5) is 5.69 Å². The van der Waals surface area contributed by atoms with Gasteiger partial charge in [0.2, 0.25) is 5.91 Å². The number of hydrogen-bond acceptors (Lipinski definition) is 1. The maximum Gasteiger partial charge on any atom is 0.228 e. The van der Waals surface area contributed by atoms with Crippen molar-refractivity contribution in [1.82, 2.24) is 0 Å². The predicted octanol–water partition coefficient (Wildman–Crippen LogP) is 3.99. The molecule has 0 saturated heterocycles. The predicted molar refractivity (Wildman–Crippen MR) is 78.8 cm³/mol. The summed E-state index contributed by atoms with van der Waals surface area (Å²) >= 11 is 3.52. The molecule has 3 heteroatoms. The maximum absolute atomic E-state index is 12.4. The lowest BCUT2D eigenvalue weighted by Crippen LogP contribution is -2.18. The molecule has 4 rings (SSSR count). The number of benzene rings is 1. The summed E-state index contributed by atoms with van der Waals surface area (Å²) in [5.74, 6) is 3.71. The van der Waals surface area contributed by atoms with Crippen LogP contribution in [0.25, 0.3) is 0 Å². The third kappa shape index (κ3) is 1.78. The Morgan fingerprint density at radius 2 is 1.95 bits per heavy atom. The van der Waals surface area contributed by atoms with Gasteiger partial charge in [0.15, 0.2) is 0 Å². The van der Waals surface area contributed by atoms with E-state index in [0.717, 1.165) is 22.0 Å². The number of halogens is 1. The normalized spacial score (nSPS) is 38.1. The smallest absolute Gasteiger partial charge is 0.228 e. The van der Waals surface area contributed by atoms with E-state index in [1.54, 1.807) is 0 Å². The number of anilines is 1. The standard InChI is InChI=1S/C16H18BrNO/c1-8-2-5-11(7-12(8)17)18-16(19)15-13-9-3-4-10(6-9)14(13)15/h2,5,7,9-10,13-15H,3-4,6H2,1H3,(H,18,19). The molecule has 19 heavy (non-hydrogen) atoms. The van der Waals surface area contributed by atoms with Gasteiger partial charge < -0.3 is 5.32 Å². The fraction of sp³-hybridized carbons (Fsp3) is 0.562. The molecule has 3 aliphatic rings. The molecule has 1 aromatic carbocycles. The quantitative estimate of drug-likeness (QED) is 0.877.